The molecule has 0 atom stereocenters. The number of ether oxygens (including phenoxy) is 1. The van der Waals surface area contributed by atoms with Gasteiger partial charge in [-0.3, -0.25) is 4.99 Å². The lowest BCUT2D eigenvalue weighted by atomic mass is 10.2. The molecule has 1 aromatic rings. The molecule has 0 unspecified atom stereocenters. The Hall–Kier alpha value is -1.20. The molecule has 0 bridgehead atoms. The molecule has 118 valence electrons. The Morgan fingerprint density at radius 1 is 1.14 bits per heavy atom. The van der Waals surface area contributed by atoms with Gasteiger partial charge < -0.3 is 15.4 Å². The predicted octanol–water partition coefficient (Wildman–Crippen LogP) is 2.51. The minimum Gasteiger partial charge on any atom is -0.377 e. The van der Waals surface area contributed by atoms with Crippen LogP contribution >= 0.6 is 11.8 Å². The standard InChI is InChI=1S/C16H27N3OS/c1-17-16(19-11-13-21-2)18-10-6-7-12-20-14-15-8-4-3-5-9-15/h3-5,8-9H,6-7,10-14H2,1-2H3,(H2,17,18,19). The molecule has 0 saturated heterocycles. The third kappa shape index (κ3) is 9.37. The zero-order valence-electron chi connectivity index (χ0n) is 13.1. The van der Waals surface area contributed by atoms with Crippen molar-refractivity contribution < 1.29 is 4.74 Å². The Labute approximate surface area is 132 Å². The van der Waals surface area contributed by atoms with Crippen molar-refractivity contribution in [2.24, 2.45) is 4.99 Å². The van der Waals surface area contributed by atoms with E-state index in [9.17, 15) is 0 Å². The van der Waals surface area contributed by atoms with Crippen LogP contribution in [0, 0.1) is 0 Å². The summed E-state index contributed by atoms with van der Waals surface area (Å²) in [6.45, 7) is 3.37. The first kappa shape index (κ1) is 17.9. The van der Waals surface area contributed by atoms with E-state index in [0.717, 1.165) is 44.3 Å². The van der Waals surface area contributed by atoms with Gasteiger partial charge in [0.05, 0.1) is 6.61 Å². The van der Waals surface area contributed by atoms with Crippen LogP contribution in [0.1, 0.15) is 18.4 Å². The van der Waals surface area contributed by atoms with E-state index >= 15 is 0 Å². The first-order valence-electron chi connectivity index (χ1n) is 7.42. The van der Waals surface area contributed by atoms with Crippen LogP contribution in [-0.2, 0) is 11.3 Å². The van der Waals surface area contributed by atoms with Crippen molar-refractivity contribution in [2.45, 2.75) is 19.4 Å². The summed E-state index contributed by atoms with van der Waals surface area (Å²) in [4.78, 5) is 4.19. The number of hydrogen-bond donors (Lipinski definition) is 2. The molecule has 0 aromatic heterocycles. The van der Waals surface area contributed by atoms with E-state index < -0.39 is 0 Å². The normalized spacial score (nSPS) is 11.4. The van der Waals surface area contributed by atoms with E-state index in [0.29, 0.717) is 6.61 Å². The molecule has 4 nitrogen and oxygen atoms in total. The maximum atomic E-state index is 5.66. The number of guanidine groups is 1. The Bertz CT molecular complexity index is 384. The van der Waals surface area contributed by atoms with Crippen molar-refractivity contribution in [2.75, 3.05) is 38.8 Å². The van der Waals surface area contributed by atoms with Gasteiger partial charge in [0, 0.05) is 32.5 Å². The van der Waals surface area contributed by atoms with Gasteiger partial charge in [0.1, 0.15) is 0 Å². The van der Waals surface area contributed by atoms with Crippen LogP contribution in [0.25, 0.3) is 0 Å². The number of benzene rings is 1. The summed E-state index contributed by atoms with van der Waals surface area (Å²) >= 11 is 1.83. The molecule has 0 aliphatic rings. The van der Waals surface area contributed by atoms with Gasteiger partial charge in [-0.2, -0.15) is 11.8 Å². The maximum Gasteiger partial charge on any atom is 0.191 e. The molecule has 0 heterocycles. The number of unbranched alkanes of at least 4 members (excludes halogenated alkanes) is 1. The van der Waals surface area contributed by atoms with Crippen LogP contribution in [0.5, 0.6) is 0 Å². The summed E-state index contributed by atoms with van der Waals surface area (Å²) in [5.74, 6) is 1.97. The first-order valence-corrected chi connectivity index (χ1v) is 8.81. The summed E-state index contributed by atoms with van der Waals surface area (Å²) < 4.78 is 5.66. The Kier molecular flexibility index (Phi) is 10.7. The van der Waals surface area contributed by atoms with E-state index in [1.807, 2.05) is 30.0 Å². The highest BCUT2D eigenvalue weighted by atomic mass is 32.2. The average Bonchev–Trinajstić information content (AvgIpc) is 2.53. The van der Waals surface area contributed by atoms with E-state index in [-0.39, 0.29) is 0 Å². The summed E-state index contributed by atoms with van der Waals surface area (Å²) in [6.07, 6.45) is 4.24. The summed E-state index contributed by atoms with van der Waals surface area (Å²) in [7, 11) is 1.80. The molecule has 1 rings (SSSR count). The largest absolute Gasteiger partial charge is 0.377 e. The first-order chi connectivity index (χ1) is 10.4. The fourth-order valence-electron chi connectivity index (χ4n) is 1.79. The van der Waals surface area contributed by atoms with Crippen molar-refractivity contribution in [1.29, 1.82) is 0 Å². The quantitative estimate of drug-likeness (QED) is 0.396. The molecule has 0 radical (unpaired) electrons. The van der Waals surface area contributed by atoms with Crippen LogP contribution < -0.4 is 10.6 Å². The van der Waals surface area contributed by atoms with Gasteiger partial charge in [-0.15, -0.1) is 0 Å². The molecule has 1 aromatic carbocycles. The van der Waals surface area contributed by atoms with Crippen LogP contribution in [0.15, 0.2) is 35.3 Å². The third-order valence-electron chi connectivity index (χ3n) is 2.94. The lowest BCUT2D eigenvalue weighted by Gasteiger charge is -2.11. The lowest BCUT2D eigenvalue weighted by Crippen LogP contribution is -2.38. The summed E-state index contributed by atoms with van der Waals surface area (Å²) in [5, 5.41) is 6.59. The zero-order chi connectivity index (χ0) is 15.2. The second-order valence-electron chi connectivity index (χ2n) is 4.66. The van der Waals surface area contributed by atoms with Gasteiger partial charge in [0.15, 0.2) is 5.96 Å². The van der Waals surface area contributed by atoms with Crippen LogP contribution in [0.2, 0.25) is 0 Å². The van der Waals surface area contributed by atoms with Crippen LogP contribution in [0.3, 0.4) is 0 Å². The molecular formula is C16H27N3OS. The topological polar surface area (TPSA) is 45.7 Å². The highest BCUT2D eigenvalue weighted by Gasteiger charge is 1.96. The Balaban J connectivity index is 1.96. The van der Waals surface area contributed by atoms with Crippen molar-refractivity contribution >= 4 is 17.7 Å². The van der Waals surface area contributed by atoms with Gasteiger partial charge >= 0.3 is 0 Å². The van der Waals surface area contributed by atoms with Crippen LogP contribution in [0.4, 0.5) is 0 Å². The van der Waals surface area contributed by atoms with Gasteiger partial charge in [-0.25, -0.2) is 0 Å². The number of nitrogens with zero attached hydrogens (tertiary/aromatic N) is 1. The predicted molar refractivity (Wildman–Crippen MR) is 93.1 cm³/mol. The lowest BCUT2D eigenvalue weighted by molar-refractivity contribution is 0.117. The van der Waals surface area contributed by atoms with E-state index in [1.165, 1.54) is 5.56 Å². The minimum absolute atomic E-state index is 0.701. The number of hydrogen-bond acceptors (Lipinski definition) is 3. The van der Waals surface area contributed by atoms with Crippen molar-refractivity contribution in [3.05, 3.63) is 35.9 Å². The highest BCUT2D eigenvalue weighted by molar-refractivity contribution is 7.98. The molecule has 0 aliphatic heterocycles. The molecule has 0 fully saturated rings. The number of aliphatic imine (C=N–C) groups is 1. The molecule has 21 heavy (non-hydrogen) atoms. The Morgan fingerprint density at radius 3 is 2.62 bits per heavy atom. The summed E-state index contributed by atoms with van der Waals surface area (Å²) in [6, 6.07) is 10.3. The fraction of sp³-hybridized carbons (Fsp3) is 0.562. The fourth-order valence-corrected chi connectivity index (χ4v) is 2.10. The molecular weight excluding hydrogens is 282 g/mol. The molecule has 0 aliphatic carbocycles. The zero-order valence-corrected chi connectivity index (χ0v) is 13.9. The van der Waals surface area contributed by atoms with E-state index in [2.05, 4.69) is 34.0 Å². The van der Waals surface area contributed by atoms with Crippen molar-refractivity contribution in [1.82, 2.24) is 10.6 Å². The van der Waals surface area contributed by atoms with Crippen molar-refractivity contribution in [3.8, 4) is 0 Å². The van der Waals surface area contributed by atoms with Gasteiger partial charge in [0.2, 0.25) is 0 Å². The number of thioether (sulfide) groups is 1. The molecule has 0 amide bonds. The molecule has 5 heteroatoms. The SMILES string of the molecule is CN=C(NCCCCOCc1ccccc1)NCCSC. The number of rotatable bonds is 10. The second kappa shape index (κ2) is 12.5. The molecule has 0 saturated carbocycles. The monoisotopic (exact) mass is 309 g/mol. The highest BCUT2D eigenvalue weighted by Crippen LogP contribution is 2.01. The van der Waals surface area contributed by atoms with Crippen LogP contribution in [-0.4, -0.2) is 44.7 Å². The smallest absolute Gasteiger partial charge is 0.191 e. The van der Waals surface area contributed by atoms with E-state index in [1.54, 1.807) is 7.05 Å². The molecule has 2 N–H and O–H groups in total. The molecule has 0 spiro atoms. The Morgan fingerprint density at radius 2 is 1.90 bits per heavy atom. The minimum atomic E-state index is 0.701. The van der Waals surface area contributed by atoms with E-state index in [4.69, 9.17) is 4.74 Å². The third-order valence-corrected chi connectivity index (χ3v) is 3.55. The second-order valence-corrected chi connectivity index (χ2v) is 5.65. The average molecular weight is 309 g/mol. The van der Waals surface area contributed by atoms with Gasteiger partial charge in [-0.05, 0) is 24.7 Å². The maximum absolute atomic E-state index is 5.66. The van der Waals surface area contributed by atoms with Gasteiger partial charge in [-0.1, -0.05) is 30.3 Å². The van der Waals surface area contributed by atoms with Gasteiger partial charge in [0.25, 0.3) is 0 Å². The summed E-state index contributed by atoms with van der Waals surface area (Å²) in [5.41, 5.74) is 1.23. The number of nitrogens with one attached hydrogen (secondary N) is 2. The van der Waals surface area contributed by atoms with Crippen molar-refractivity contribution in [3.63, 3.8) is 0 Å².